The number of hydrogen-bond donors (Lipinski definition) is 1. The first-order valence-electron chi connectivity index (χ1n) is 6.80. The third-order valence-electron chi connectivity index (χ3n) is 3.40. The van der Waals surface area contributed by atoms with E-state index in [0.717, 1.165) is 19.0 Å². The molecule has 2 rings (SSSR count). The van der Waals surface area contributed by atoms with Crippen molar-refractivity contribution in [2.24, 2.45) is 11.7 Å². The van der Waals surface area contributed by atoms with Crippen LogP contribution in [-0.4, -0.2) is 23.9 Å². The van der Waals surface area contributed by atoms with Crippen LogP contribution in [0.5, 0.6) is 0 Å². The number of rotatable bonds is 7. The summed E-state index contributed by atoms with van der Waals surface area (Å²) in [6.07, 6.45) is 3.97. The van der Waals surface area contributed by atoms with Gasteiger partial charge in [-0.1, -0.05) is 19.1 Å². The second-order valence-corrected chi connectivity index (χ2v) is 5.24. The molecule has 0 aromatic heterocycles. The summed E-state index contributed by atoms with van der Waals surface area (Å²) in [5, 5.41) is 0. The molecule has 0 bridgehead atoms. The lowest BCUT2D eigenvalue weighted by Crippen LogP contribution is -2.26. The molecule has 1 aliphatic rings. The highest BCUT2D eigenvalue weighted by Gasteiger charge is 2.23. The zero-order valence-electron chi connectivity index (χ0n) is 11.1. The summed E-state index contributed by atoms with van der Waals surface area (Å²) in [4.78, 5) is 13.5. The van der Waals surface area contributed by atoms with Crippen molar-refractivity contribution < 1.29 is 4.79 Å². The molecule has 0 spiro atoms. The highest BCUT2D eigenvalue weighted by Crippen LogP contribution is 2.30. The molecule has 98 valence electrons. The van der Waals surface area contributed by atoms with E-state index in [1.54, 1.807) is 0 Å². The Hall–Kier alpha value is -1.35. The van der Waals surface area contributed by atoms with Crippen molar-refractivity contribution in [3.8, 4) is 0 Å². The van der Waals surface area contributed by atoms with Crippen molar-refractivity contribution in [3.05, 3.63) is 35.4 Å². The van der Waals surface area contributed by atoms with Gasteiger partial charge in [-0.15, -0.1) is 0 Å². The molecular formula is C15H22N2O. The zero-order valence-corrected chi connectivity index (χ0v) is 11.1. The van der Waals surface area contributed by atoms with Gasteiger partial charge in [0.05, 0.1) is 0 Å². The molecule has 1 fully saturated rings. The summed E-state index contributed by atoms with van der Waals surface area (Å²) in [6.45, 7) is 5.55. The van der Waals surface area contributed by atoms with Crippen molar-refractivity contribution in [2.75, 3.05) is 13.1 Å². The van der Waals surface area contributed by atoms with E-state index >= 15 is 0 Å². The predicted octanol–water partition coefficient (Wildman–Crippen LogP) is 2.41. The standard InChI is InChI=1S/C15H22N2O/c1-2-9-17(10-12-3-4-12)11-13-5-7-14(8-6-13)15(16)18/h5-8,12H,2-4,9-11H2,1H3,(H2,16,18). The minimum absolute atomic E-state index is 0.357. The first kappa shape index (κ1) is 13.1. The molecule has 1 aromatic carbocycles. The second-order valence-electron chi connectivity index (χ2n) is 5.24. The number of amides is 1. The Bertz CT molecular complexity index is 395. The topological polar surface area (TPSA) is 46.3 Å². The monoisotopic (exact) mass is 246 g/mol. The van der Waals surface area contributed by atoms with Crippen LogP contribution in [0.25, 0.3) is 0 Å². The van der Waals surface area contributed by atoms with E-state index in [4.69, 9.17) is 5.73 Å². The SMILES string of the molecule is CCCN(Cc1ccc(C(N)=O)cc1)CC1CC1. The minimum Gasteiger partial charge on any atom is -0.366 e. The normalized spacial score (nSPS) is 15.0. The third kappa shape index (κ3) is 3.84. The fourth-order valence-electron chi connectivity index (χ4n) is 2.25. The molecule has 3 heteroatoms. The van der Waals surface area contributed by atoms with Crippen molar-refractivity contribution in [2.45, 2.75) is 32.7 Å². The number of benzene rings is 1. The molecule has 0 unspecified atom stereocenters. The van der Waals surface area contributed by atoms with Gasteiger partial charge in [-0.3, -0.25) is 9.69 Å². The van der Waals surface area contributed by atoms with Gasteiger partial charge in [0.15, 0.2) is 0 Å². The number of carbonyl (C=O) groups excluding carboxylic acids is 1. The minimum atomic E-state index is -0.357. The van der Waals surface area contributed by atoms with Crippen LogP contribution in [-0.2, 0) is 6.54 Å². The lowest BCUT2D eigenvalue weighted by molar-refractivity contribution is 0.100. The van der Waals surface area contributed by atoms with E-state index in [0.29, 0.717) is 5.56 Å². The summed E-state index contributed by atoms with van der Waals surface area (Å²) in [7, 11) is 0. The Morgan fingerprint density at radius 3 is 2.50 bits per heavy atom. The van der Waals surface area contributed by atoms with Gasteiger partial charge in [-0.05, 0) is 49.4 Å². The van der Waals surface area contributed by atoms with Gasteiger partial charge in [0.1, 0.15) is 0 Å². The first-order chi connectivity index (χ1) is 8.69. The molecule has 1 saturated carbocycles. The van der Waals surface area contributed by atoms with Crippen LogP contribution in [0.2, 0.25) is 0 Å². The van der Waals surface area contributed by atoms with Crippen LogP contribution in [0.15, 0.2) is 24.3 Å². The molecule has 0 saturated heterocycles. The maximum absolute atomic E-state index is 11.0. The number of hydrogen-bond acceptors (Lipinski definition) is 2. The van der Waals surface area contributed by atoms with E-state index in [1.807, 2.05) is 24.3 Å². The molecule has 2 N–H and O–H groups in total. The van der Waals surface area contributed by atoms with Crippen LogP contribution in [0.3, 0.4) is 0 Å². The van der Waals surface area contributed by atoms with Crippen LogP contribution in [0, 0.1) is 5.92 Å². The van der Waals surface area contributed by atoms with E-state index in [-0.39, 0.29) is 5.91 Å². The molecule has 1 aromatic rings. The van der Waals surface area contributed by atoms with E-state index in [9.17, 15) is 4.79 Å². The van der Waals surface area contributed by atoms with Gasteiger partial charge < -0.3 is 5.73 Å². The molecule has 0 heterocycles. The molecule has 0 radical (unpaired) electrons. The summed E-state index contributed by atoms with van der Waals surface area (Å²) < 4.78 is 0. The summed E-state index contributed by atoms with van der Waals surface area (Å²) in [5.41, 5.74) is 7.08. The molecule has 18 heavy (non-hydrogen) atoms. The Morgan fingerprint density at radius 2 is 2.00 bits per heavy atom. The zero-order chi connectivity index (χ0) is 13.0. The van der Waals surface area contributed by atoms with Crippen LogP contribution in [0.4, 0.5) is 0 Å². The van der Waals surface area contributed by atoms with Crippen molar-refractivity contribution in [1.82, 2.24) is 4.90 Å². The van der Waals surface area contributed by atoms with Gasteiger partial charge in [0, 0.05) is 18.7 Å². The Morgan fingerprint density at radius 1 is 1.33 bits per heavy atom. The van der Waals surface area contributed by atoms with Gasteiger partial charge in [-0.25, -0.2) is 0 Å². The average molecular weight is 246 g/mol. The number of nitrogens with two attached hydrogens (primary N) is 1. The fraction of sp³-hybridized carbons (Fsp3) is 0.533. The third-order valence-corrected chi connectivity index (χ3v) is 3.40. The van der Waals surface area contributed by atoms with Gasteiger partial charge in [0.2, 0.25) is 5.91 Å². The predicted molar refractivity (Wildman–Crippen MR) is 73.3 cm³/mol. The quantitative estimate of drug-likeness (QED) is 0.803. The Balaban J connectivity index is 1.94. The van der Waals surface area contributed by atoms with E-state index in [1.165, 1.54) is 31.4 Å². The molecular weight excluding hydrogens is 224 g/mol. The van der Waals surface area contributed by atoms with E-state index < -0.39 is 0 Å². The molecule has 0 aliphatic heterocycles. The maximum Gasteiger partial charge on any atom is 0.248 e. The largest absolute Gasteiger partial charge is 0.366 e. The lowest BCUT2D eigenvalue weighted by atomic mass is 10.1. The van der Waals surface area contributed by atoms with Crippen molar-refractivity contribution in [3.63, 3.8) is 0 Å². The smallest absolute Gasteiger partial charge is 0.248 e. The molecule has 3 nitrogen and oxygen atoms in total. The lowest BCUT2D eigenvalue weighted by Gasteiger charge is -2.21. The van der Waals surface area contributed by atoms with Crippen molar-refractivity contribution >= 4 is 5.91 Å². The number of carbonyl (C=O) groups is 1. The number of primary amides is 1. The average Bonchev–Trinajstić information content (AvgIpc) is 3.14. The van der Waals surface area contributed by atoms with Gasteiger partial charge >= 0.3 is 0 Å². The summed E-state index contributed by atoms with van der Waals surface area (Å²) >= 11 is 0. The van der Waals surface area contributed by atoms with Gasteiger partial charge in [-0.2, -0.15) is 0 Å². The summed E-state index contributed by atoms with van der Waals surface area (Å²) in [6, 6.07) is 7.66. The van der Waals surface area contributed by atoms with E-state index in [2.05, 4.69) is 11.8 Å². The second kappa shape index (κ2) is 6.01. The highest BCUT2D eigenvalue weighted by molar-refractivity contribution is 5.92. The van der Waals surface area contributed by atoms with Gasteiger partial charge in [0.25, 0.3) is 0 Å². The van der Waals surface area contributed by atoms with Crippen LogP contribution >= 0.6 is 0 Å². The summed E-state index contributed by atoms with van der Waals surface area (Å²) in [5.74, 6) is 0.561. The van der Waals surface area contributed by atoms with Crippen molar-refractivity contribution in [1.29, 1.82) is 0 Å². The molecule has 0 atom stereocenters. The number of nitrogens with zero attached hydrogens (tertiary/aromatic N) is 1. The Labute approximate surface area is 109 Å². The fourth-order valence-corrected chi connectivity index (χ4v) is 2.25. The van der Waals surface area contributed by atoms with Crippen LogP contribution < -0.4 is 5.73 Å². The first-order valence-corrected chi connectivity index (χ1v) is 6.80. The molecule has 1 amide bonds. The maximum atomic E-state index is 11.0. The van der Waals surface area contributed by atoms with Crippen LogP contribution in [0.1, 0.15) is 42.1 Å². The Kier molecular flexibility index (Phi) is 4.37. The molecule has 1 aliphatic carbocycles. The highest BCUT2D eigenvalue weighted by atomic mass is 16.1.